The molecule has 0 N–H and O–H groups in total. The molecule has 0 spiro atoms. The van der Waals surface area contributed by atoms with Crippen molar-refractivity contribution in [3.63, 3.8) is 0 Å². The normalized spacial score (nSPS) is 11.1. The van der Waals surface area contributed by atoms with Gasteiger partial charge in [0.25, 0.3) is 5.89 Å². The number of halogens is 1. The molecule has 30 heavy (non-hydrogen) atoms. The van der Waals surface area contributed by atoms with Crippen LogP contribution in [0.25, 0.3) is 28.5 Å². The minimum absolute atomic E-state index is 0.422. The van der Waals surface area contributed by atoms with Crippen LogP contribution >= 0.6 is 23.4 Å². The second-order valence-corrected chi connectivity index (χ2v) is 7.68. The summed E-state index contributed by atoms with van der Waals surface area (Å²) in [6, 6.07) is 19.3. The van der Waals surface area contributed by atoms with Gasteiger partial charge in [0.1, 0.15) is 6.26 Å². The number of para-hydroxylation sites is 1. The van der Waals surface area contributed by atoms with Crippen molar-refractivity contribution < 1.29 is 8.94 Å². The van der Waals surface area contributed by atoms with Crippen molar-refractivity contribution in [2.24, 2.45) is 0 Å². The SMILES string of the molecule is Clc1ccc(-c2nnc(SCc3noc(-c4ccoc4)n3)n2-c2ccccc2)cc1. The van der Waals surface area contributed by atoms with Gasteiger partial charge in [-0.15, -0.1) is 10.2 Å². The molecule has 0 aliphatic rings. The van der Waals surface area contributed by atoms with Crippen molar-refractivity contribution in [3.8, 4) is 28.5 Å². The zero-order valence-electron chi connectivity index (χ0n) is 15.5. The second-order valence-electron chi connectivity index (χ2n) is 6.30. The van der Waals surface area contributed by atoms with E-state index in [-0.39, 0.29) is 0 Å². The Morgan fingerprint density at radius 3 is 2.53 bits per heavy atom. The second kappa shape index (κ2) is 8.17. The molecule has 0 unspecified atom stereocenters. The van der Waals surface area contributed by atoms with Crippen LogP contribution in [-0.4, -0.2) is 24.9 Å². The minimum atomic E-state index is 0.422. The summed E-state index contributed by atoms with van der Waals surface area (Å²) in [5.41, 5.74) is 2.63. The van der Waals surface area contributed by atoms with Crippen molar-refractivity contribution in [2.75, 3.05) is 0 Å². The monoisotopic (exact) mass is 435 g/mol. The topological polar surface area (TPSA) is 82.8 Å². The molecule has 0 bridgehead atoms. The molecule has 0 aliphatic heterocycles. The Bertz CT molecular complexity index is 1250. The van der Waals surface area contributed by atoms with Gasteiger partial charge in [-0.05, 0) is 42.5 Å². The number of nitrogens with zero attached hydrogens (tertiary/aromatic N) is 5. The van der Waals surface area contributed by atoms with Gasteiger partial charge in [-0.2, -0.15) is 4.98 Å². The highest BCUT2D eigenvalue weighted by Crippen LogP contribution is 2.30. The van der Waals surface area contributed by atoms with Crippen LogP contribution in [0.5, 0.6) is 0 Å². The van der Waals surface area contributed by atoms with E-state index in [9.17, 15) is 0 Å². The third-order valence-electron chi connectivity index (χ3n) is 4.32. The summed E-state index contributed by atoms with van der Waals surface area (Å²) in [7, 11) is 0. The van der Waals surface area contributed by atoms with Crippen LogP contribution in [0.2, 0.25) is 5.02 Å². The van der Waals surface area contributed by atoms with Crippen LogP contribution in [0.4, 0.5) is 0 Å². The fourth-order valence-corrected chi connectivity index (χ4v) is 3.83. The Kier molecular flexibility index (Phi) is 5.08. The first-order valence-electron chi connectivity index (χ1n) is 9.03. The Hall–Kier alpha value is -3.36. The summed E-state index contributed by atoms with van der Waals surface area (Å²) in [6.07, 6.45) is 3.13. The van der Waals surface area contributed by atoms with E-state index >= 15 is 0 Å². The molecule has 0 fully saturated rings. The molecule has 9 heteroatoms. The van der Waals surface area contributed by atoms with Crippen LogP contribution in [0, 0.1) is 0 Å². The van der Waals surface area contributed by atoms with Gasteiger partial charge in [0, 0.05) is 16.3 Å². The van der Waals surface area contributed by atoms with E-state index in [4.69, 9.17) is 20.5 Å². The van der Waals surface area contributed by atoms with Crippen molar-refractivity contribution in [2.45, 2.75) is 10.9 Å². The number of thioether (sulfide) groups is 1. The van der Waals surface area contributed by atoms with E-state index < -0.39 is 0 Å². The van der Waals surface area contributed by atoms with Gasteiger partial charge in [-0.1, -0.05) is 46.7 Å². The molecular weight excluding hydrogens is 422 g/mol. The van der Waals surface area contributed by atoms with E-state index in [1.54, 1.807) is 18.6 Å². The fourth-order valence-electron chi connectivity index (χ4n) is 2.90. The predicted molar refractivity (Wildman–Crippen MR) is 113 cm³/mol. The quantitative estimate of drug-likeness (QED) is 0.324. The first-order chi connectivity index (χ1) is 14.8. The Morgan fingerprint density at radius 2 is 1.77 bits per heavy atom. The maximum atomic E-state index is 6.04. The molecular formula is C21H14ClN5O2S. The fraction of sp³-hybridized carbons (Fsp3) is 0.0476. The van der Waals surface area contributed by atoms with Gasteiger partial charge >= 0.3 is 0 Å². The minimum Gasteiger partial charge on any atom is -0.472 e. The Balaban J connectivity index is 1.45. The van der Waals surface area contributed by atoms with Crippen molar-refractivity contribution in [1.82, 2.24) is 24.9 Å². The summed E-state index contributed by atoms with van der Waals surface area (Å²) in [5.74, 6) is 2.19. The number of furan rings is 1. The molecule has 148 valence electrons. The van der Waals surface area contributed by atoms with Crippen LogP contribution < -0.4 is 0 Å². The van der Waals surface area contributed by atoms with Crippen LogP contribution in [0.3, 0.4) is 0 Å². The smallest absolute Gasteiger partial charge is 0.261 e. The molecule has 0 saturated heterocycles. The molecule has 5 aromatic rings. The highest BCUT2D eigenvalue weighted by Gasteiger charge is 2.18. The van der Waals surface area contributed by atoms with Crippen LogP contribution in [0.1, 0.15) is 5.82 Å². The average Bonchev–Trinajstić information content (AvgIpc) is 3.53. The maximum absolute atomic E-state index is 6.04. The summed E-state index contributed by atoms with van der Waals surface area (Å²) < 4.78 is 12.4. The summed E-state index contributed by atoms with van der Waals surface area (Å²) >= 11 is 7.52. The highest BCUT2D eigenvalue weighted by molar-refractivity contribution is 7.98. The van der Waals surface area contributed by atoms with E-state index in [1.807, 2.05) is 59.2 Å². The lowest BCUT2D eigenvalue weighted by Gasteiger charge is -2.10. The van der Waals surface area contributed by atoms with Crippen LogP contribution in [-0.2, 0) is 5.75 Å². The number of hydrogen-bond donors (Lipinski definition) is 0. The molecule has 0 amide bonds. The molecule has 3 aromatic heterocycles. The predicted octanol–water partition coefficient (Wildman–Crippen LogP) is 5.52. The van der Waals surface area contributed by atoms with Crippen LogP contribution in [0.15, 0.2) is 87.3 Å². The zero-order chi connectivity index (χ0) is 20.3. The molecule has 2 aromatic carbocycles. The number of aromatic nitrogens is 5. The molecule has 3 heterocycles. The van der Waals surface area contributed by atoms with Gasteiger partial charge in [-0.3, -0.25) is 4.57 Å². The first kappa shape index (κ1) is 18.7. The van der Waals surface area contributed by atoms with Gasteiger partial charge in [0.15, 0.2) is 16.8 Å². The third-order valence-corrected chi connectivity index (χ3v) is 5.49. The highest BCUT2D eigenvalue weighted by atomic mass is 35.5. The number of hydrogen-bond acceptors (Lipinski definition) is 7. The van der Waals surface area contributed by atoms with E-state index in [0.29, 0.717) is 22.5 Å². The first-order valence-corrected chi connectivity index (χ1v) is 10.4. The summed E-state index contributed by atoms with van der Waals surface area (Å²) in [6.45, 7) is 0. The number of rotatable bonds is 6. The zero-order valence-corrected chi connectivity index (χ0v) is 17.0. The molecule has 0 saturated carbocycles. The maximum Gasteiger partial charge on any atom is 0.261 e. The van der Waals surface area contributed by atoms with Gasteiger partial charge in [0.2, 0.25) is 0 Å². The lowest BCUT2D eigenvalue weighted by atomic mass is 10.2. The van der Waals surface area contributed by atoms with E-state index in [1.165, 1.54) is 11.8 Å². The van der Waals surface area contributed by atoms with Gasteiger partial charge in [-0.25, -0.2) is 0 Å². The average molecular weight is 436 g/mol. The van der Waals surface area contributed by atoms with E-state index in [0.717, 1.165) is 27.8 Å². The van der Waals surface area contributed by atoms with Gasteiger partial charge < -0.3 is 8.94 Å². The lowest BCUT2D eigenvalue weighted by Crippen LogP contribution is -1.99. The Morgan fingerprint density at radius 1 is 0.933 bits per heavy atom. The Labute approximate surface area is 180 Å². The lowest BCUT2D eigenvalue weighted by molar-refractivity contribution is 0.424. The molecule has 0 atom stereocenters. The molecule has 0 radical (unpaired) electrons. The molecule has 5 rings (SSSR count). The summed E-state index contributed by atoms with van der Waals surface area (Å²) in [4.78, 5) is 4.41. The molecule has 0 aliphatic carbocycles. The standard InChI is InChI=1S/C21H14ClN5O2S/c22-16-8-6-14(7-9-16)19-24-25-21(27(19)17-4-2-1-3-5-17)30-13-18-23-20(29-26-18)15-10-11-28-12-15/h1-12H,13H2. The molecule has 7 nitrogen and oxygen atoms in total. The summed E-state index contributed by atoms with van der Waals surface area (Å²) in [5, 5.41) is 14.3. The van der Waals surface area contributed by atoms with Crippen molar-refractivity contribution in [1.29, 1.82) is 0 Å². The van der Waals surface area contributed by atoms with Crippen molar-refractivity contribution >= 4 is 23.4 Å². The van der Waals surface area contributed by atoms with Gasteiger partial charge in [0.05, 0.1) is 17.6 Å². The van der Waals surface area contributed by atoms with Crippen molar-refractivity contribution in [3.05, 3.63) is 84.0 Å². The van der Waals surface area contributed by atoms with E-state index in [2.05, 4.69) is 20.3 Å². The third kappa shape index (κ3) is 3.74. The largest absolute Gasteiger partial charge is 0.472 e. The number of benzene rings is 2.